The van der Waals surface area contributed by atoms with Crippen molar-refractivity contribution in [1.82, 2.24) is 15.1 Å². The summed E-state index contributed by atoms with van der Waals surface area (Å²) in [5.74, 6) is 0.394. The molecule has 3 aromatic rings. The zero-order valence-corrected chi connectivity index (χ0v) is 16.7. The highest BCUT2D eigenvalue weighted by Crippen LogP contribution is 2.29. The minimum atomic E-state index is -0.594. The maximum atomic E-state index is 12.6. The van der Waals surface area contributed by atoms with Crippen LogP contribution in [0.4, 0.5) is 0 Å². The summed E-state index contributed by atoms with van der Waals surface area (Å²) in [5, 5.41) is 17.9. The molecular formula is C24H27N3O2. The molecule has 2 atom stereocenters. The van der Waals surface area contributed by atoms with Gasteiger partial charge in [-0.1, -0.05) is 60.2 Å². The number of nitrogens with zero attached hydrogens (tertiary/aromatic N) is 2. The van der Waals surface area contributed by atoms with Crippen LogP contribution in [-0.4, -0.2) is 39.2 Å². The number of aromatic amines is 1. The molecule has 0 spiro atoms. The fraction of sp³-hybridized carbons (Fsp3) is 0.333. The van der Waals surface area contributed by atoms with Crippen LogP contribution in [0.15, 0.2) is 60.7 Å². The molecule has 0 bridgehead atoms. The Hall–Kier alpha value is -2.92. The van der Waals surface area contributed by atoms with E-state index in [9.17, 15) is 9.90 Å². The summed E-state index contributed by atoms with van der Waals surface area (Å²) < 4.78 is 0. The first-order chi connectivity index (χ1) is 14.1. The number of amides is 1. The number of aliphatic hydroxyl groups is 1. The van der Waals surface area contributed by atoms with Crippen molar-refractivity contribution < 1.29 is 9.90 Å². The fourth-order valence-corrected chi connectivity index (χ4v) is 3.92. The van der Waals surface area contributed by atoms with Gasteiger partial charge in [0.05, 0.1) is 11.8 Å². The van der Waals surface area contributed by atoms with Gasteiger partial charge in [-0.15, -0.1) is 0 Å². The Balaban J connectivity index is 1.32. The molecule has 0 aliphatic carbocycles. The van der Waals surface area contributed by atoms with Crippen LogP contribution >= 0.6 is 0 Å². The highest BCUT2D eigenvalue weighted by molar-refractivity contribution is 5.76. The number of nitrogens with one attached hydrogen (secondary N) is 1. The molecule has 4 rings (SSSR count). The van der Waals surface area contributed by atoms with Crippen molar-refractivity contribution in [2.24, 2.45) is 0 Å². The van der Waals surface area contributed by atoms with E-state index in [-0.39, 0.29) is 11.8 Å². The maximum absolute atomic E-state index is 12.6. The van der Waals surface area contributed by atoms with Gasteiger partial charge in [0.25, 0.3) is 0 Å². The van der Waals surface area contributed by atoms with Crippen molar-refractivity contribution in [3.8, 4) is 11.3 Å². The molecule has 1 saturated heterocycles. The maximum Gasteiger partial charge on any atom is 0.222 e. The van der Waals surface area contributed by atoms with E-state index in [1.54, 1.807) is 0 Å². The van der Waals surface area contributed by atoms with Crippen LogP contribution in [0.2, 0.25) is 0 Å². The summed E-state index contributed by atoms with van der Waals surface area (Å²) in [6, 6.07) is 20.0. The van der Waals surface area contributed by atoms with E-state index in [1.807, 2.05) is 35.2 Å². The molecule has 5 nitrogen and oxygen atoms in total. The Kier molecular flexibility index (Phi) is 5.76. The first kappa shape index (κ1) is 19.4. The number of H-pyrrole nitrogens is 1. The molecule has 5 heteroatoms. The molecule has 1 aliphatic heterocycles. The fourth-order valence-electron chi connectivity index (χ4n) is 3.92. The molecule has 29 heavy (non-hydrogen) atoms. The number of rotatable bonds is 6. The van der Waals surface area contributed by atoms with Gasteiger partial charge in [0.2, 0.25) is 5.91 Å². The van der Waals surface area contributed by atoms with Gasteiger partial charge in [0.1, 0.15) is 0 Å². The zero-order chi connectivity index (χ0) is 20.2. The molecule has 2 N–H and O–H groups in total. The van der Waals surface area contributed by atoms with Gasteiger partial charge in [-0.25, -0.2) is 0 Å². The monoisotopic (exact) mass is 389 g/mol. The Morgan fingerprint density at radius 1 is 1.21 bits per heavy atom. The number of likely N-dealkylation sites (tertiary alicyclic amines) is 1. The molecule has 2 unspecified atom stereocenters. The van der Waals surface area contributed by atoms with Crippen molar-refractivity contribution in [1.29, 1.82) is 0 Å². The van der Waals surface area contributed by atoms with Gasteiger partial charge in [-0.3, -0.25) is 9.89 Å². The van der Waals surface area contributed by atoms with E-state index in [0.717, 1.165) is 35.5 Å². The summed E-state index contributed by atoms with van der Waals surface area (Å²) in [5.41, 5.74) is 5.21. The summed E-state index contributed by atoms with van der Waals surface area (Å²) in [6.45, 7) is 3.53. The van der Waals surface area contributed by atoms with Crippen LogP contribution in [0.5, 0.6) is 0 Å². The lowest BCUT2D eigenvalue weighted by atomic mass is 10.0. The third kappa shape index (κ3) is 4.57. The van der Waals surface area contributed by atoms with Crippen LogP contribution in [0, 0.1) is 6.92 Å². The van der Waals surface area contributed by atoms with Crippen molar-refractivity contribution in [2.75, 3.05) is 13.1 Å². The lowest BCUT2D eigenvalue weighted by Gasteiger charge is -2.17. The van der Waals surface area contributed by atoms with Gasteiger partial charge in [-0.2, -0.15) is 5.10 Å². The van der Waals surface area contributed by atoms with Gasteiger partial charge in [0, 0.05) is 36.7 Å². The SMILES string of the molecule is Cc1ccc(-c2cc(C3CCN(C(=O)CCC(O)c4ccccc4)C3)[nH]n2)cc1. The Labute approximate surface area is 171 Å². The van der Waals surface area contributed by atoms with Crippen molar-refractivity contribution in [3.05, 3.63) is 77.5 Å². The van der Waals surface area contributed by atoms with Crippen LogP contribution < -0.4 is 0 Å². The first-order valence-corrected chi connectivity index (χ1v) is 10.2. The predicted molar refractivity (Wildman–Crippen MR) is 113 cm³/mol. The number of benzene rings is 2. The van der Waals surface area contributed by atoms with Crippen LogP contribution in [0.3, 0.4) is 0 Å². The third-order valence-electron chi connectivity index (χ3n) is 5.74. The number of aromatic nitrogens is 2. The van der Waals surface area contributed by atoms with E-state index in [0.29, 0.717) is 19.4 Å². The second kappa shape index (κ2) is 8.62. The second-order valence-electron chi connectivity index (χ2n) is 7.87. The standard InChI is InChI=1S/C24H27N3O2/c1-17-7-9-18(10-8-17)21-15-22(26-25-21)20-13-14-27(16-20)24(29)12-11-23(28)19-5-3-2-4-6-19/h2-10,15,20,23,28H,11-14,16H2,1H3,(H,25,26). The smallest absolute Gasteiger partial charge is 0.222 e. The Morgan fingerprint density at radius 3 is 2.72 bits per heavy atom. The summed E-state index contributed by atoms with van der Waals surface area (Å²) >= 11 is 0. The lowest BCUT2D eigenvalue weighted by Crippen LogP contribution is -2.28. The molecule has 1 amide bonds. The largest absolute Gasteiger partial charge is 0.388 e. The summed E-state index contributed by atoms with van der Waals surface area (Å²) in [6.07, 6.45) is 1.15. The van der Waals surface area contributed by atoms with Gasteiger partial charge in [-0.05, 0) is 31.4 Å². The molecule has 2 aromatic carbocycles. The average Bonchev–Trinajstić information content (AvgIpc) is 3.43. The molecule has 2 heterocycles. The van der Waals surface area contributed by atoms with Crippen molar-refractivity contribution in [3.63, 3.8) is 0 Å². The summed E-state index contributed by atoms with van der Waals surface area (Å²) in [7, 11) is 0. The number of carbonyl (C=O) groups excluding carboxylic acids is 1. The quantitative estimate of drug-likeness (QED) is 0.663. The molecule has 1 aromatic heterocycles. The molecule has 0 saturated carbocycles. The van der Waals surface area contributed by atoms with E-state index < -0.39 is 6.10 Å². The topological polar surface area (TPSA) is 69.2 Å². The molecule has 0 radical (unpaired) electrons. The predicted octanol–water partition coefficient (Wildman–Crippen LogP) is 4.21. The first-order valence-electron chi connectivity index (χ1n) is 10.2. The number of hydrogen-bond acceptors (Lipinski definition) is 3. The van der Waals surface area contributed by atoms with Gasteiger partial charge in [0.15, 0.2) is 0 Å². The van der Waals surface area contributed by atoms with E-state index in [4.69, 9.17) is 0 Å². The second-order valence-corrected chi connectivity index (χ2v) is 7.87. The summed E-state index contributed by atoms with van der Waals surface area (Å²) in [4.78, 5) is 14.5. The number of aryl methyl sites for hydroxylation is 1. The molecular weight excluding hydrogens is 362 g/mol. The number of aliphatic hydroxyl groups excluding tert-OH is 1. The van der Waals surface area contributed by atoms with Crippen LogP contribution in [0.1, 0.15) is 48.1 Å². The minimum Gasteiger partial charge on any atom is -0.388 e. The van der Waals surface area contributed by atoms with E-state index in [2.05, 4.69) is 47.5 Å². The van der Waals surface area contributed by atoms with Crippen LogP contribution in [0.25, 0.3) is 11.3 Å². The zero-order valence-electron chi connectivity index (χ0n) is 16.7. The molecule has 1 fully saturated rings. The highest BCUT2D eigenvalue weighted by Gasteiger charge is 2.28. The third-order valence-corrected chi connectivity index (χ3v) is 5.74. The Morgan fingerprint density at radius 2 is 1.97 bits per heavy atom. The van der Waals surface area contributed by atoms with Gasteiger partial charge >= 0.3 is 0 Å². The van der Waals surface area contributed by atoms with Gasteiger partial charge < -0.3 is 10.0 Å². The lowest BCUT2D eigenvalue weighted by molar-refractivity contribution is -0.130. The molecule has 150 valence electrons. The Bertz CT molecular complexity index is 950. The minimum absolute atomic E-state index is 0.112. The van der Waals surface area contributed by atoms with Crippen LogP contribution in [-0.2, 0) is 4.79 Å². The van der Waals surface area contributed by atoms with Crippen molar-refractivity contribution in [2.45, 2.75) is 38.2 Å². The normalized spacial score (nSPS) is 17.4. The van der Waals surface area contributed by atoms with Crippen molar-refractivity contribution >= 4 is 5.91 Å². The highest BCUT2D eigenvalue weighted by atomic mass is 16.3. The number of carbonyl (C=O) groups is 1. The number of hydrogen-bond donors (Lipinski definition) is 2. The van der Waals surface area contributed by atoms with E-state index >= 15 is 0 Å². The van der Waals surface area contributed by atoms with E-state index in [1.165, 1.54) is 5.56 Å². The average molecular weight is 389 g/mol. The molecule has 1 aliphatic rings.